The molecule has 0 atom stereocenters. The van der Waals surface area contributed by atoms with E-state index in [9.17, 15) is 14.9 Å². The van der Waals surface area contributed by atoms with Crippen LogP contribution in [0.5, 0.6) is 11.8 Å². The van der Waals surface area contributed by atoms with Crippen molar-refractivity contribution in [2.45, 2.75) is 78.7 Å². The predicted octanol–water partition coefficient (Wildman–Crippen LogP) is 15.4. The number of H-pyrrole nitrogens is 1. The number of nitrogens with one attached hydrogen (secondary N) is 4. The van der Waals surface area contributed by atoms with Gasteiger partial charge in [0.25, 0.3) is 11.1 Å². The molecule has 93 heavy (non-hydrogen) atoms. The minimum atomic E-state index is -1.21. The molecule has 4 N–H and O–H groups in total. The number of rotatable bonds is 16. The smallest absolute Gasteiger partial charge is 0.292 e. The molecule has 0 saturated heterocycles. The third-order valence-corrected chi connectivity index (χ3v) is 17.8. The van der Waals surface area contributed by atoms with Gasteiger partial charge in [-0.3, -0.25) is 14.6 Å². The van der Waals surface area contributed by atoms with E-state index in [0.29, 0.717) is 63.7 Å². The van der Waals surface area contributed by atoms with E-state index in [-0.39, 0.29) is 44.2 Å². The predicted molar refractivity (Wildman–Crippen MR) is 369 cm³/mol. The van der Waals surface area contributed by atoms with Gasteiger partial charge in [0, 0.05) is 54.5 Å². The summed E-state index contributed by atoms with van der Waals surface area (Å²) in [7, 11) is -2.35. The molecule has 0 amide bonds. The number of nitriles is 5. The molecule has 0 radical (unpaired) electrons. The minimum Gasteiger partial charge on any atom is -0.477 e. The quantitative estimate of drug-likeness (QED) is 0.0397. The number of hydrogen-bond acceptors (Lipinski definition) is 20. The van der Waals surface area contributed by atoms with Crippen molar-refractivity contribution in [3.63, 3.8) is 0 Å². The zero-order valence-electron chi connectivity index (χ0n) is 51.7. The largest absolute Gasteiger partial charge is 0.477 e. The summed E-state index contributed by atoms with van der Waals surface area (Å²) in [6, 6.07) is 37.7. The lowest BCUT2D eigenvalue weighted by molar-refractivity contribution is 0.323. The molecule has 5 heterocycles. The van der Waals surface area contributed by atoms with Crippen LogP contribution in [0.4, 0.5) is 34.9 Å². The Balaban J connectivity index is 0.000000217. The van der Waals surface area contributed by atoms with Crippen LogP contribution in [0, 0.1) is 77.4 Å². The average molecular weight is 1400 g/mol. The van der Waals surface area contributed by atoms with E-state index in [1.165, 1.54) is 31.0 Å². The number of aromatic nitrogens is 10. The first kappa shape index (κ1) is 74.2. The van der Waals surface area contributed by atoms with Crippen LogP contribution in [-0.2, 0) is 6.54 Å². The molecule has 476 valence electrons. The van der Waals surface area contributed by atoms with Crippen LogP contribution in [0.3, 0.4) is 0 Å². The van der Waals surface area contributed by atoms with E-state index in [0.717, 1.165) is 51.4 Å². The monoisotopic (exact) mass is 1400 g/mol. The van der Waals surface area contributed by atoms with Crippen LogP contribution in [0.1, 0.15) is 50.1 Å². The number of benzene rings is 4. The summed E-state index contributed by atoms with van der Waals surface area (Å²) in [5.41, 5.74) is 5.79. The molecule has 0 bridgehead atoms. The molecule has 0 spiro atoms. The fourth-order valence-electron chi connectivity index (χ4n) is 7.17. The topological polar surface area (TPSA) is 331 Å². The summed E-state index contributed by atoms with van der Waals surface area (Å²) in [5.74, 6) is 1.60. The molecule has 0 aliphatic carbocycles. The van der Waals surface area contributed by atoms with E-state index in [1.807, 2.05) is 99.6 Å². The Morgan fingerprint density at radius 3 is 1.44 bits per heavy atom. The summed E-state index contributed by atoms with van der Waals surface area (Å²) in [4.78, 5) is 57.1. The van der Waals surface area contributed by atoms with Crippen molar-refractivity contribution in [2.75, 3.05) is 29.2 Å². The summed E-state index contributed by atoms with van der Waals surface area (Å²) in [5, 5.41) is 55.5. The molecule has 22 nitrogen and oxygen atoms in total. The Bertz CT molecular complexity index is 4420. The Labute approximate surface area is 569 Å². The number of nitrogens with zero attached hydrogens (tertiary/aromatic N) is 14. The van der Waals surface area contributed by atoms with Gasteiger partial charge < -0.3 is 30.0 Å². The van der Waals surface area contributed by atoms with Gasteiger partial charge in [0.1, 0.15) is 58.2 Å². The van der Waals surface area contributed by atoms with Crippen LogP contribution >= 0.6 is 69.6 Å². The SMILES string of the molecule is C[Si](C)(C)CCOc1nc(Cl)ncc1C#N.Cc1c(Cl)cccc1Nc1nc(=O)c(C#N)cn1Cc1ccccc1.Cc1c(Cl)cccc1Nc1ncc(C#N)c(=O)[nH]1.Cc1c(Cl)cccc1Nc1ncc(C#N)c(OCC[Si](C)(C)C)n1.N#Cc1cnc(Cl)nc1Cl. The second-order valence-electron chi connectivity index (χ2n) is 22.0. The number of hydrogen-bond donors (Lipinski definition) is 4. The van der Waals surface area contributed by atoms with Gasteiger partial charge >= 0.3 is 0 Å². The minimum absolute atomic E-state index is 0.00398. The first-order chi connectivity index (χ1) is 44.1. The fourth-order valence-corrected chi connectivity index (χ4v) is 9.60. The maximum absolute atomic E-state index is 12.0. The van der Waals surface area contributed by atoms with Gasteiger partial charge in [-0.25, -0.2) is 24.9 Å². The fraction of sp³-hybridized carbons (Fsp3) is 0.222. The molecule has 0 aliphatic rings. The van der Waals surface area contributed by atoms with Crippen LogP contribution in [0.2, 0.25) is 82.2 Å². The number of aromatic amines is 1. The van der Waals surface area contributed by atoms with Crippen molar-refractivity contribution >= 4 is 121 Å². The molecule has 9 aromatic rings. The normalized spacial score (nSPS) is 10.3. The number of anilines is 6. The molecule has 0 aliphatic heterocycles. The Morgan fingerprint density at radius 1 is 0.505 bits per heavy atom. The Hall–Kier alpha value is -9.50. The van der Waals surface area contributed by atoms with Crippen LogP contribution in [0.25, 0.3) is 0 Å². The highest BCUT2D eigenvalue weighted by molar-refractivity contribution is 6.76. The highest BCUT2D eigenvalue weighted by Gasteiger charge is 2.18. The summed E-state index contributed by atoms with van der Waals surface area (Å²) >= 11 is 34.7. The maximum Gasteiger partial charge on any atom is 0.292 e. The molecular weight excluding hydrogens is 1340 g/mol. The lowest BCUT2D eigenvalue weighted by Crippen LogP contribution is -2.22. The molecule has 9 rings (SSSR count). The third kappa shape index (κ3) is 24.2. The van der Waals surface area contributed by atoms with Crippen LogP contribution < -0.4 is 36.5 Å². The van der Waals surface area contributed by atoms with E-state index in [1.54, 1.807) is 34.9 Å². The molecule has 30 heteroatoms. The lowest BCUT2D eigenvalue weighted by atomic mass is 10.2. The van der Waals surface area contributed by atoms with Crippen LogP contribution in [-0.4, -0.2) is 78.8 Å². The van der Waals surface area contributed by atoms with Crippen molar-refractivity contribution in [3.8, 4) is 42.1 Å². The lowest BCUT2D eigenvalue weighted by Gasteiger charge is -2.16. The van der Waals surface area contributed by atoms with E-state index >= 15 is 0 Å². The zero-order chi connectivity index (χ0) is 68.4. The molecule has 0 fully saturated rings. The van der Waals surface area contributed by atoms with Crippen LogP contribution in [0.15, 0.2) is 126 Å². The molecule has 0 unspecified atom stereocenters. The maximum atomic E-state index is 12.0. The molecule has 4 aromatic carbocycles. The van der Waals surface area contributed by atoms with E-state index < -0.39 is 27.3 Å². The Morgan fingerprint density at radius 2 is 0.957 bits per heavy atom. The summed E-state index contributed by atoms with van der Waals surface area (Å²) in [6.07, 6.45) is 6.86. The van der Waals surface area contributed by atoms with Gasteiger partial charge in [-0.2, -0.15) is 41.3 Å². The van der Waals surface area contributed by atoms with Crippen molar-refractivity contribution in [2.24, 2.45) is 0 Å². The van der Waals surface area contributed by atoms with Gasteiger partial charge in [-0.1, -0.05) is 134 Å². The van der Waals surface area contributed by atoms with Gasteiger partial charge in [0.05, 0.1) is 44.5 Å². The first-order valence-electron chi connectivity index (χ1n) is 27.8. The van der Waals surface area contributed by atoms with E-state index in [2.05, 4.69) is 106 Å². The van der Waals surface area contributed by atoms with Gasteiger partial charge in [0.15, 0.2) is 5.15 Å². The molecule has 0 saturated carbocycles. The number of ether oxygens (including phenoxy) is 2. The van der Waals surface area contributed by atoms with Crippen molar-refractivity contribution in [1.82, 2.24) is 49.4 Å². The highest BCUT2D eigenvalue weighted by Crippen LogP contribution is 2.29. The zero-order valence-corrected chi connectivity index (χ0v) is 58.2. The second kappa shape index (κ2) is 35.9. The average Bonchev–Trinajstić information content (AvgIpc) is 1.65. The summed E-state index contributed by atoms with van der Waals surface area (Å²) in [6.45, 7) is 20.8. The van der Waals surface area contributed by atoms with Crippen molar-refractivity contribution in [1.29, 1.82) is 26.3 Å². The molecular formula is C63H60Cl6N18O4Si2. The Kier molecular flexibility index (Phi) is 28.7. The van der Waals surface area contributed by atoms with E-state index in [4.69, 9.17) is 100 Å². The van der Waals surface area contributed by atoms with Gasteiger partial charge in [0.2, 0.25) is 40.2 Å². The number of halogens is 6. The third-order valence-electron chi connectivity index (χ3n) is 12.5. The standard InChI is InChI=1S/C19H15ClN4O.C17H21ClN4OSi.C12H9ClN4O.C10H14ClN3OSi.C5HCl2N3/c1-13-16(20)8-5-9-17(13)22-19-23-18(25)15(10-21)12-24(19)11-14-6-3-2-4-7-14;1-12-14(18)6-5-7-15(12)21-17-20-11-13(10-19)16(22-17)23-8-9-24(2,3)4;1-7-9(13)3-2-4-10(7)16-12-15-6-8(5-14)11(18)17-12;1-16(2,3)5-4-15-9-8(6-12)7-13-10(11)14-9;6-4-3(1-8)2-9-5(7)10-4/h2-9,12H,11H2,1H3,(H,22,23,25);5-7,11H,8-9H2,1-4H3,(H,20,21,22);2-4,6H,1H3,(H2,15,16,17,18);7H,4-5H2,1-3H3;2H. The summed E-state index contributed by atoms with van der Waals surface area (Å²) < 4.78 is 12.9. The highest BCUT2D eigenvalue weighted by atomic mass is 35.5. The molecule has 5 aromatic heterocycles. The van der Waals surface area contributed by atoms with Gasteiger partial charge in [-0.05, 0) is 115 Å². The van der Waals surface area contributed by atoms with Crippen molar-refractivity contribution < 1.29 is 9.47 Å². The van der Waals surface area contributed by atoms with Gasteiger partial charge in [-0.15, -0.1) is 0 Å². The van der Waals surface area contributed by atoms with Crippen molar-refractivity contribution in [3.05, 3.63) is 217 Å². The second-order valence-corrected chi connectivity index (χ2v) is 35.5. The first-order valence-corrected chi connectivity index (χ1v) is 37.5.